The van der Waals surface area contributed by atoms with Crippen LogP contribution >= 0.6 is 0 Å². The molecular formula is C31H42. The van der Waals surface area contributed by atoms with Crippen molar-refractivity contribution in [2.75, 3.05) is 0 Å². The number of fused-ring (bicyclic) bond motifs is 3. The Hall–Kier alpha value is -2.00. The summed E-state index contributed by atoms with van der Waals surface area (Å²) in [6.45, 7) is 4.59. The van der Waals surface area contributed by atoms with Gasteiger partial charge in [-0.05, 0) is 47.2 Å². The van der Waals surface area contributed by atoms with E-state index in [9.17, 15) is 0 Å². The third-order valence-corrected chi connectivity index (χ3v) is 7.35. The molecule has 3 rings (SSSR count). The van der Waals surface area contributed by atoms with Crippen LogP contribution in [0, 0.1) is 12.3 Å². The molecule has 0 saturated carbocycles. The summed E-state index contributed by atoms with van der Waals surface area (Å²) in [7, 11) is 0. The molecule has 0 aliphatic heterocycles. The lowest BCUT2D eigenvalue weighted by Crippen LogP contribution is -2.25. The van der Waals surface area contributed by atoms with Gasteiger partial charge in [-0.3, -0.25) is 0 Å². The minimum atomic E-state index is 0.147. The van der Waals surface area contributed by atoms with Crippen molar-refractivity contribution < 1.29 is 0 Å². The number of benzene rings is 2. The van der Waals surface area contributed by atoms with Gasteiger partial charge in [0, 0.05) is 11.0 Å². The molecule has 1 aliphatic carbocycles. The quantitative estimate of drug-likeness (QED) is 0.213. The van der Waals surface area contributed by atoms with E-state index in [0.717, 1.165) is 5.56 Å². The molecule has 0 heterocycles. The largest absolute Gasteiger partial charge is 0.115 e. The van der Waals surface area contributed by atoms with Crippen LogP contribution in [0.3, 0.4) is 0 Å². The lowest BCUT2D eigenvalue weighted by molar-refractivity contribution is 0.398. The second-order valence-corrected chi connectivity index (χ2v) is 9.57. The molecule has 0 radical (unpaired) electrons. The molecule has 0 N–H and O–H groups in total. The Bertz CT molecular complexity index is 835. The molecule has 166 valence electrons. The Morgan fingerprint density at radius 2 is 1.19 bits per heavy atom. The van der Waals surface area contributed by atoms with Crippen LogP contribution in [0.2, 0.25) is 0 Å². The van der Waals surface area contributed by atoms with Crippen LogP contribution in [0.4, 0.5) is 0 Å². The summed E-state index contributed by atoms with van der Waals surface area (Å²) < 4.78 is 0. The molecule has 0 spiro atoms. The molecule has 2 aromatic carbocycles. The van der Waals surface area contributed by atoms with Crippen molar-refractivity contribution in [1.29, 1.82) is 0 Å². The molecular weight excluding hydrogens is 372 g/mol. The fraction of sp³-hybridized carbons (Fsp3) is 0.548. The van der Waals surface area contributed by atoms with Crippen LogP contribution in [-0.2, 0) is 5.41 Å². The normalized spacial score (nSPS) is 13.6. The molecule has 0 amide bonds. The SMILES string of the molecule is C#Cc1ccc2c(c1)C(CCCCCCCC)(CCCCCCCC)c1ccccc1-2. The lowest BCUT2D eigenvalue weighted by Gasteiger charge is -2.33. The van der Waals surface area contributed by atoms with Crippen LogP contribution < -0.4 is 0 Å². The van der Waals surface area contributed by atoms with Crippen molar-refractivity contribution in [1.82, 2.24) is 0 Å². The molecule has 0 heteroatoms. The van der Waals surface area contributed by atoms with E-state index in [-0.39, 0.29) is 5.41 Å². The summed E-state index contributed by atoms with van der Waals surface area (Å²) >= 11 is 0. The van der Waals surface area contributed by atoms with Crippen molar-refractivity contribution in [2.45, 2.75) is 109 Å². The molecule has 31 heavy (non-hydrogen) atoms. The van der Waals surface area contributed by atoms with E-state index in [1.807, 2.05) is 0 Å². The summed E-state index contributed by atoms with van der Waals surface area (Å²) in [6.07, 6.45) is 24.6. The zero-order valence-electron chi connectivity index (χ0n) is 20.0. The molecule has 0 aromatic heterocycles. The Kier molecular flexibility index (Phi) is 9.27. The van der Waals surface area contributed by atoms with Crippen molar-refractivity contribution in [3.63, 3.8) is 0 Å². The summed E-state index contributed by atoms with van der Waals surface area (Å²) in [6, 6.07) is 15.9. The maximum absolute atomic E-state index is 5.82. The highest BCUT2D eigenvalue weighted by molar-refractivity contribution is 5.81. The number of terminal acetylenes is 1. The molecule has 1 aliphatic rings. The van der Waals surface area contributed by atoms with Gasteiger partial charge in [-0.25, -0.2) is 0 Å². The van der Waals surface area contributed by atoms with Gasteiger partial charge in [0.05, 0.1) is 0 Å². The summed E-state index contributed by atoms with van der Waals surface area (Å²) in [5.41, 5.74) is 7.10. The zero-order chi connectivity index (χ0) is 21.9. The van der Waals surface area contributed by atoms with Crippen molar-refractivity contribution in [3.8, 4) is 23.5 Å². The van der Waals surface area contributed by atoms with Gasteiger partial charge in [0.2, 0.25) is 0 Å². The van der Waals surface area contributed by atoms with Crippen LogP contribution in [0.5, 0.6) is 0 Å². The topological polar surface area (TPSA) is 0 Å². The molecule has 0 atom stereocenters. The van der Waals surface area contributed by atoms with Crippen LogP contribution in [0.1, 0.15) is 120 Å². The van der Waals surface area contributed by atoms with Crippen LogP contribution in [0.15, 0.2) is 42.5 Å². The Morgan fingerprint density at radius 1 is 0.645 bits per heavy atom. The molecule has 0 unspecified atom stereocenters. The maximum Gasteiger partial charge on any atom is 0.0246 e. The average Bonchev–Trinajstić information content (AvgIpc) is 3.08. The zero-order valence-corrected chi connectivity index (χ0v) is 20.0. The van der Waals surface area contributed by atoms with Crippen LogP contribution in [0.25, 0.3) is 11.1 Å². The fourth-order valence-electron chi connectivity index (χ4n) is 5.62. The van der Waals surface area contributed by atoms with Crippen molar-refractivity contribution in [3.05, 3.63) is 59.2 Å². The van der Waals surface area contributed by atoms with Gasteiger partial charge in [0.1, 0.15) is 0 Å². The minimum Gasteiger partial charge on any atom is -0.115 e. The van der Waals surface area contributed by atoms with E-state index < -0.39 is 0 Å². The number of rotatable bonds is 14. The first-order chi connectivity index (χ1) is 15.3. The predicted molar refractivity (Wildman–Crippen MR) is 137 cm³/mol. The smallest absolute Gasteiger partial charge is 0.0246 e. The van der Waals surface area contributed by atoms with E-state index in [4.69, 9.17) is 6.42 Å². The predicted octanol–water partition coefficient (Wildman–Crippen LogP) is 9.44. The van der Waals surface area contributed by atoms with Crippen molar-refractivity contribution >= 4 is 0 Å². The summed E-state index contributed by atoms with van der Waals surface area (Å²) in [5.74, 6) is 2.90. The highest BCUT2D eigenvalue weighted by atomic mass is 14.4. The third kappa shape index (κ3) is 5.63. The molecule has 0 nitrogen and oxygen atoms in total. The van der Waals surface area contributed by atoms with Crippen LogP contribution in [-0.4, -0.2) is 0 Å². The number of hydrogen-bond acceptors (Lipinski definition) is 0. The van der Waals surface area contributed by atoms with E-state index in [1.54, 1.807) is 5.56 Å². The number of hydrogen-bond donors (Lipinski definition) is 0. The van der Waals surface area contributed by atoms with E-state index in [0.29, 0.717) is 0 Å². The monoisotopic (exact) mass is 414 g/mol. The van der Waals surface area contributed by atoms with Gasteiger partial charge < -0.3 is 0 Å². The minimum absolute atomic E-state index is 0.147. The fourth-order valence-corrected chi connectivity index (χ4v) is 5.62. The standard InChI is InChI=1S/C31H42/c1-4-7-9-11-13-17-23-31(24-18-14-12-10-8-5-2)29-20-16-15-19-27(29)28-22-21-26(6-3)25-30(28)31/h3,15-16,19-22,25H,4-5,7-14,17-18,23-24H2,1-2H3. The summed E-state index contributed by atoms with van der Waals surface area (Å²) in [5, 5.41) is 0. The van der Waals surface area contributed by atoms with E-state index in [1.165, 1.54) is 107 Å². The van der Waals surface area contributed by atoms with Gasteiger partial charge in [0.15, 0.2) is 0 Å². The van der Waals surface area contributed by atoms with Gasteiger partial charge in [-0.15, -0.1) is 6.42 Å². The number of unbranched alkanes of at least 4 members (excludes halogenated alkanes) is 10. The molecule has 0 saturated heterocycles. The first-order valence-corrected chi connectivity index (χ1v) is 13.0. The van der Waals surface area contributed by atoms with Gasteiger partial charge in [-0.1, -0.05) is 127 Å². The first-order valence-electron chi connectivity index (χ1n) is 13.0. The molecule has 0 bridgehead atoms. The van der Waals surface area contributed by atoms with E-state index in [2.05, 4.69) is 62.2 Å². The Morgan fingerprint density at radius 3 is 1.81 bits per heavy atom. The second-order valence-electron chi connectivity index (χ2n) is 9.57. The third-order valence-electron chi connectivity index (χ3n) is 7.35. The highest BCUT2D eigenvalue weighted by Crippen LogP contribution is 2.54. The van der Waals surface area contributed by atoms with Gasteiger partial charge >= 0.3 is 0 Å². The molecule has 0 fully saturated rings. The van der Waals surface area contributed by atoms with Crippen molar-refractivity contribution in [2.24, 2.45) is 0 Å². The lowest BCUT2D eigenvalue weighted by atomic mass is 9.70. The van der Waals surface area contributed by atoms with Gasteiger partial charge in [-0.2, -0.15) is 0 Å². The molecule has 2 aromatic rings. The van der Waals surface area contributed by atoms with Gasteiger partial charge in [0.25, 0.3) is 0 Å². The Labute approximate surface area is 191 Å². The van der Waals surface area contributed by atoms with E-state index >= 15 is 0 Å². The Balaban J connectivity index is 1.84. The summed E-state index contributed by atoms with van der Waals surface area (Å²) in [4.78, 5) is 0. The first kappa shape index (κ1) is 23.7. The highest BCUT2D eigenvalue weighted by Gasteiger charge is 2.42. The second kappa shape index (κ2) is 12.1. The maximum atomic E-state index is 5.82. The average molecular weight is 415 g/mol.